The maximum Gasteiger partial charge on any atom is 0.240 e. The molecule has 0 heterocycles. The highest BCUT2D eigenvalue weighted by atomic mass is 35.5. The van der Waals surface area contributed by atoms with E-state index < -0.39 is 6.04 Å². The van der Waals surface area contributed by atoms with Crippen molar-refractivity contribution in [1.82, 2.24) is 0 Å². The Kier molecular flexibility index (Phi) is 8.51. The normalized spacial score (nSPS) is 11.4. The molecular weight excluding hydrogens is 291 g/mol. The summed E-state index contributed by atoms with van der Waals surface area (Å²) in [6, 6.07) is 4.44. The molecule has 19 heavy (non-hydrogen) atoms. The minimum atomic E-state index is -0.568. The van der Waals surface area contributed by atoms with Crippen LogP contribution in [0.2, 0.25) is 5.02 Å². The summed E-state index contributed by atoms with van der Waals surface area (Å²) in [6.45, 7) is 2.51. The maximum absolute atomic E-state index is 11.4. The first-order valence-electron chi connectivity index (χ1n) is 5.52. The topological polar surface area (TPSA) is 73.6 Å². The van der Waals surface area contributed by atoms with Crippen molar-refractivity contribution in [3.8, 4) is 5.75 Å². The van der Waals surface area contributed by atoms with Gasteiger partial charge in [-0.3, -0.25) is 4.79 Å². The summed E-state index contributed by atoms with van der Waals surface area (Å²) in [5, 5.41) is 3.07. The third-order valence-corrected chi connectivity index (χ3v) is 2.45. The van der Waals surface area contributed by atoms with E-state index in [2.05, 4.69) is 5.32 Å². The maximum atomic E-state index is 11.4. The second-order valence-corrected chi connectivity index (χ2v) is 4.17. The molecule has 1 amide bonds. The van der Waals surface area contributed by atoms with Crippen molar-refractivity contribution in [3.63, 3.8) is 0 Å². The number of ether oxygens (including phenoxy) is 2. The van der Waals surface area contributed by atoms with Crippen LogP contribution in [-0.4, -0.2) is 32.3 Å². The van der Waals surface area contributed by atoms with Crippen molar-refractivity contribution in [3.05, 3.63) is 23.2 Å². The van der Waals surface area contributed by atoms with Crippen LogP contribution in [-0.2, 0) is 9.53 Å². The molecule has 1 aromatic carbocycles. The highest BCUT2D eigenvalue weighted by molar-refractivity contribution is 6.32. The summed E-state index contributed by atoms with van der Waals surface area (Å²) in [5.41, 5.74) is 6.03. The monoisotopic (exact) mass is 308 g/mol. The second-order valence-electron chi connectivity index (χ2n) is 3.76. The van der Waals surface area contributed by atoms with Crippen LogP contribution in [0, 0.1) is 0 Å². The van der Waals surface area contributed by atoms with Crippen molar-refractivity contribution in [2.45, 2.75) is 13.0 Å². The van der Waals surface area contributed by atoms with Crippen LogP contribution >= 0.6 is 24.0 Å². The quantitative estimate of drug-likeness (QED) is 0.789. The van der Waals surface area contributed by atoms with Crippen LogP contribution in [0.3, 0.4) is 0 Å². The minimum absolute atomic E-state index is 0. The number of carbonyl (C=O) groups excluding carboxylic acids is 1. The molecule has 0 radical (unpaired) electrons. The molecule has 0 saturated carbocycles. The van der Waals surface area contributed by atoms with Crippen molar-refractivity contribution >= 4 is 35.6 Å². The van der Waals surface area contributed by atoms with Crippen molar-refractivity contribution in [2.24, 2.45) is 5.73 Å². The van der Waals surface area contributed by atoms with Gasteiger partial charge >= 0.3 is 0 Å². The van der Waals surface area contributed by atoms with Crippen LogP contribution in [0.15, 0.2) is 18.2 Å². The Labute approximate surface area is 123 Å². The lowest BCUT2D eigenvalue weighted by Crippen LogP contribution is -2.32. The van der Waals surface area contributed by atoms with Crippen LogP contribution in [0.25, 0.3) is 0 Å². The fourth-order valence-corrected chi connectivity index (χ4v) is 1.42. The largest absolute Gasteiger partial charge is 0.490 e. The number of carbonyl (C=O) groups is 1. The van der Waals surface area contributed by atoms with Gasteiger partial charge in [0.1, 0.15) is 12.4 Å². The van der Waals surface area contributed by atoms with Gasteiger partial charge in [-0.1, -0.05) is 11.6 Å². The van der Waals surface area contributed by atoms with E-state index in [4.69, 9.17) is 26.8 Å². The Morgan fingerprint density at radius 3 is 2.68 bits per heavy atom. The molecule has 0 aliphatic heterocycles. The van der Waals surface area contributed by atoms with Gasteiger partial charge in [-0.15, -0.1) is 12.4 Å². The summed E-state index contributed by atoms with van der Waals surface area (Å²) in [6.07, 6.45) is 0. The summed E-state index contributed by atoms with van der Waals surface area (Å²) in [7, 11) is 1.59. The summed E-state index contributed by atoms with van der Waals surface area (Å²) in [5.74, 6) is 0.284. The number of anilines is 1. The van der Waals surface area contributed by atoms with Gasteiger partial charge in [0, 0.05) is 12.8 Å². The first-order chi connectivity index (χ1) is 8.54. The van der Waals surface area contributed by atoms with E-state index in [0.717, 1.165) is 0 Å². The van der Waals surface area contributed by atoms with Crippen molar-refractivity contribution < 1.29 is 14.3 Å². The number of nitrogens with two attached hydrogens (primary N) is 1. The van der Waals surface area contributed by atoms with Gasteiger partial charge in [-0.2, -0.15) is 0 Å². The Hall–Kier alpha value is -1.01. The predicted octanol–water partition coefficient (Wildman–Crippen LogP) is 2.07. The smallest absolute Gasteiger partial charge is 0.240 e. The van der Waals surface area contributed by atoms with Gasteiger partial charge in [0.15, 0.2) is 0 Å². The number of halogens is 2. The molecule has 0 fully saturated rings. The van der Waals surface area contributed by atoms with E-state index in [1.807, 2.05) is 0 Å². The van der Waals surface area contributed by atoms with Gasteiger partial charge in [0.2, 0.25) is 5.91 Å². The average Bonchev–Trinajstić information content (AvgIpc) is 2.32. The molecule has 0 spiro atoms. The Morgan fingerprint density at radius 2 is 2.16 bits per heavy atom. The third-order valence-electron chi connectivity index (χ3n) is 2.16. The Morgan fingerprint density at radius 1 is 1.47 bits per heavy atom. The lowest BCUT2D eigenvalue weighted by atomic mass is 10.2. The molecule has 1 atom stereocenters. The standard InChI is InChI=1S/C12H17ClN2O3.ClH/c1-8(14)12(16)15-9-3-4-11(10(13)7-9)18-6-5-17-2;/h3-4,7-8H,5-6,14H2,1-2H3,(H,15,16);1H/t8-;/m1./s1. The van der Waals surface area contributed by atoms with Crippen LogP contribution in [0.1, 0.15) is 6.92 Å². The van der Waals surface area contributed by atoms with Crippen LogP contribution in [0.5, 0.6) is 5.75 Å². The number of amides is 1. The molecule has 0 unspecified atom stereocenters. The summed E-state index contributed by atoms with van der Waals surface area (Å²) >= 11 is 6.02. The fourth-order valence-electron chi connectivity index (χ4n) is 1.19. The van der Waals surface area contributed by atoms with Crippen molar-refractivity contribution in [1.29, 1.82) is 0 Å². The lowest BCUT2D eigenvalue weighted by Gasteiger charge is -2.11. The number of hydrogen-bond acceptors (Lipinski definition) is 4. The second kappa shape index (κ2) is 8.98. The van der Waals surface area contributed by atoms with E-state index in [0.29, 0.717) is 29.7 Å². The molecular formula is C12H18Cl2N2O3. The molecule has 0 aliphatic rings. The van der Waals surface area contributed by atoms with E-state index in [-0.39, 0.29) is 18.3 Å². The molecule has 1 aromatic rings. The molecule has 7 heteroatoms. The first kappa shape index (κ1) is 18.0. The number of methoxy groups -OCH3 is 1. The zero-order valence-corrected chi connectivity index (χ0v) is 12.4. The minimum Gasteiger partial charge on any atom is -0.490 e. The summed E-state index contributed by atoms with van der Waals surface area (Å²) in [4.78, 5) is 11.4. The molecule has 108 valence electrons. The molecule has 3 N–H and O–H groups in total. The SMILES string of the molecule is COCCOc1ccc(NC(=O)[C@@H](C)N)cc1Cl.Cl. The molecule has 0 aromatic heterocycles. The first-order valence-corrected chi connectivity index (χ1v) is 5.90. The third kappa shape index (κ3) is 6.11. The van der Waals surface area contributed by atoms with Gasteiger partial charge in [0.05, 0.1) is 17.7 Å². The van der Waals surface area contributed by atoms with Gasteiger partial charge in [0.25, 0.3) is 0 Å². The highest BCUT2D eigenvalue weighted by Crippen LogP contribution is 2.27. The van der Waals surface area contributed by atoms with Crippen LogP contribution < -0.4 is 15.8 Å². The Balaban J connectivity index is 0.00000324. The van der Waals surface area contributed by atoms with E-state index in [1.165, 1.54) is 0 Å². The van der Waals surface area contributed by atoms with E-state index in [1.54, 1.807) is 32.2 Å². The zero-order valence-electron chi connectivity index (χ0n) is 10.8. The Bertz CT molecular complexity index is 414. The van der Waals surface area contributed by atoms with Gasteiger partial charge in [-0.05, 0) is 25.1 Å². The van der Waals surface area contributed by atoms with Crippen LogP contribution in [0.4, 0.5) is 5.69 Å². The van der Waals surface area contributed by atoms with Gasteiger partial charge < -0.3 is 20.5 Å². The van der Waals surface area contributed by atoms with E-state index in [9.17, 15) is 4.79 Å². The summed E-state index contributed by atoms with van der Waals surface area (Å²) < 4.78 is 10.3. The molecule has 1 rings (SSSR count). The fraction of sp³-hybridized carbons (Fsp3) is 0.417. The average molecular weight is 309 g/mol. The van der Waals surface area contributed by atoms with Gasteiger partial charge in [-0.25, -0.2) is 0 Å². The lowest BCUT2D eigenvalue weighted by molar-refractivity contribution is -0.117. The number of benzene rings is 1. The zero-order chi connectivity index (χ0) is 13.5. The number of nitrogens with one attached hydrogen (secondary N) is 1. The molecule has 0 aliphatic carbocycles. The highest BCUT2D eigenvalue weighted by Gasteiger charge is 2.09. The molecule has 5 nitrogen and oxygen atoms in total. The van der Waals surface area contributed by atoms with E-state index >= 15 is 0 Å². The predicted molar refractivity (Wildman–Crippen MR) is 78.4 cm³/mol. The molecule has 0 saturated heterocycles. The molecule has 0 bridgehead atoms. The number of rotatable bonds is 6. The number of hydrogen-bond donors (Lipinski definition) is 2. The van der Waals surface area contributed by atoms with Crippen molar-refractivity contribution in [2.75, 3.05) is 25.6 Å².